The zero-order valence-electron chi connectivity index (χ0n) is 10.9. The Morgan fingerprint density at radius 3 is 2.30 bits per heavy atom. The topological polar surface area (TPSA) is 78.4 Å². The van der Waals surface area contributed by atoms with Crippen LogP contribution in [0, 0.1) is 0 Å². The zero-order valence-corrected chi connectivity index (χ0v) is 12.4. The largest absolute Gasteiger partial charge is 0.394 e. The van der Waals surface area contributed by atoms with E-state index in [0.29, 0.717) is 12.1 Å². The van der Waals surface area contributed by atoms with Gasteiger partial charge in [0.05, 0.1) is 12.6 Å². The number of hydrogen-bond acceptors (Lipinski definition) is 3. The van der Waals surface area contributed by atoms with Crippen molar-refractivity contribution in [3.8, 4) is 0 Å². The summed E-state index contributed by atoms with van der Waals surface area (Å²) in [6.45, 7) is 1.21. The molecule has 0 bridgehead atoms. The molecule has 3 N–H and O–H groups in total. The van der Waals surface area contributed by atoms with E-state index in [1.54, 1.807) is 24.3 Å². The van der Waals surface area contributed by atoms with Crippen molar-refractivity contribution in [2.45, 2.75) is 24.2 Å². The molecular weight excluding hydrogens is 303 g/mol. The van der Waals surface area contributed by atoms with Crippen molar-refractivity contribution in [3.63, 3.8) is 0 Å². The zero-order chi connectivity index (χ0) is 15.1. The second-order valence-electron chi connectivity index (χ2n) is 4.27. The molecule has 0 unspecified atom stereocenters. The lowest BCUT2D eigenvalue weighted by atomic mass is 10.1. The van der Waals surface area contributed by atoms with Gasteiger partial charge < -0.3 is 15.7 Å². The molecule has 0 aliphatic heterocycles. The number of halogens is 2. The van der Waals surface area contributed by atoms with Gasteiger partial charge in [-0.2, -0.15) is 0 Å². The van der Waals surface area contributed by atoms with E-state index in [1.807, 2.05) is 0 Å². The molecule has 0 saturated heterocycles. The van der Waals surface area contributed by atoms with Gasteiger partial charge in [-0.3, -0.25) is 9.59 Å². The first-order valence-corrected chi connectivity index (χ1v) is 6.85. The minimum absolute atomic E-state index is 0.145. The second-order valence-corrected chi connectivity index (χ2v) is 5.37. The molecule has 0 aliphatic rings. The SMILES string of the molecule is CC(=O)Nc1ccc(C[C@H](CO)NC(=O)C(Cl)Cl)cc1. The molecule has 20 heavy (non-hydrogen) atoms. The van der Waals surface area contributed by atoms with E-state index in [2.05, 4.69) is 10.6 Å². The fourth-order valence-electron chi connectivity index (χ4n) is 1.64. The van der Waals surface area contributed by atoms with Crippen LogP contribution in [-0.4, -0.2) is 34.4 Å². The third kappa shape index (κ3) is 5.77. The van der Waals surface area contributed by atoms with Gasteiger partial charge in [-0.15, -0.1) is 0 Å². The standard InChI is InChI=1S/C13H16Cl2N2O3/c1-8(19)16-10-4-2-9(3-5-10)6-11(7-18)17-13(20)12(14)15/h2-5,11-12,18H,6-7H2,1H3,(H,16,19)(H,17,20)/t11-/m1/s1. The van der Waals surface area contributed by atoms with Gasteiger partial charge in [0.1, 0.15) is 0 Å². The number of aliphatic hydroxyl groups is 1. The number of alkyl halides is 2. The highest BCUT2D eigenvalue weighted by molar-refractivity contribution is 6.53. The van der Waals surface area contributed by atoms with E-state index in [9.17, 15) is 14.7 Å². The Kier molecular flexibility index (Phi) is 6.78. The van der Waals surface area contributed by atoms with Crippen LogP contribution in [0.5, 0.6) is 0 Å². The maximum absolute atomic E-state index is 11.3. The monoisotopic (exact) mass is 318 g/mol. The van der Waals surface area contributed by atoms with Crippen LogP contribution < -0.4 is 10.6 Å². The normalized spacial score (nSPS) is 12.1. The molecule has 110 valence electrons. The summed E-state index contributed by atoms with van der Waals surface area (Å²) >= 11 is 10.9. The Labute approximate surface area is 127 Å². The van der Waals surface area contributed by atoms with E-state index in [-0.39, 0.29) is 12.5 Å². The van der Waals surface area contributed by atoms with Crippen LogP contribution in [0.3, 0.4) is 0 Å². The van der Waals surface area contributed by atoms with E-state index < -0.39 is 16.8 Å². The summed E-state index contributed by atoms with van der Waals surface area (Å²) < 4.78 is 0. The van der Waals surface area contributed by atoms with Crippen LogP contribution >= 0.6 is 23.2 Å². The number of nitrogens with one attached hydrogen (secondary N) is 2. The van der Waals surface area contributed by atoms with Gasteiger partial charge in [0, 0.05) is 12.6 Å². The number of aliphatic hydroxyl groups excluding tert-OH is 1. The van der Waals surface area contributed by atoms with E-state index in [4.69, 9.17) is 23.2 Å². The van der Waals surface area contributed by atoms with Gasteiger partial charge in [0.25, 0.3) is 5.91 Å². The molecule has 0 aliphatic carbocycles. The van der Waals surface area contributed by atoms with Gasteiger partial charge in [-0.1, -0.05) is 35.3 Å². The third-order valence-corrected chi connectivity index (χ3v) is 2.92. The summed E-state index contributed by atoms with van der Waals surface area (Å²) in [5.74, 6) is -0.684. The van der Waals surface area contributed by atoms with Crippen LogP contribution in [0.1, 0.15) is 12.5 Å². The van der Waals surface area contributed by atoms with Crippen molar-refractivity contribution in [3.05, 3.63) is 29.8 Å². The van der Waals surface area contributed by atoms with Gasteiger partial charge in [0.2, 0.25) is 5.91 Å². The molecule has 0 saturated carbocycles. The Hall–Kier alpha value is -1.30. The molecule has 1 rings (SSSR count). The summed E-state index contributed by atoms with van der Waals surface area (Å²) in [6.07, 6.45) is 0.434. The summed E-state index contributed by atoms with van der Waals surface area (Å²) in [7, 11) is 0. The molecule has 1 atom stereocenters. The fourth-order valence-corrected chi connectivity index (χ4v) is 1.76. The predicted molar refractivity (Wildman–Crippen MR) is 79.0 cm³/mol. The van der Waals surface area contributed by atoms with Crippen molar-refractivity contribution < 1.29 is 14.7 Å². The molecule has 0 spiro atoms. The second kappa shape index (κ2) is 8.09. The Balaban J connectivity index is 2.61. The Bertz CT molecular complexity index is 463. The first-order valence-electron chi connectivity index (χ1n) is 5.98. The Morgan fingerprint density at radius 1 is 1.25 bits per heavy atom. The molecule has 1 aromatic carbocycles. The van der Waals surface area contributed by atoms with Crippen LogP contribution in [0.15, 0.2) is 24.3 Å². The smallest absolute Gasteiger partial charge is 0.253 e. The van der Waals surface area contributed by atoms with E-state index in [1.165, 1.54) is 6.92 Å². The van der Waals surface area contributed by atoms with Crippen molar-refractivity contribution in [2.24, 2.45) is 0 Å². The number of rotatable bonds is 6. The lowest BCUT2D eigenvalue weighted by Gasteiger charge is -2.17. The highest BCUT2D eigenvalue weighted by Crippen LogP contribution is 2.11. The number of carbonyl (C=O) groups is 2. The van der Waals surface area contributed by atoms with Gasteiger partial charge in [0.15, 0.2) is 4.84 Å². The molecule has 0 aromatic heterocycles. The summed E-state index contributed by atoms with van der Waals surface area (Å²) in [5, 5.41) is 14.4. The van der Waals surface area contributed by atoms with Crippen molar-refractivity contribution in [1.82, 2.24) is 5.32 Å². The molecular formula is C13H16Cl2N2O3. The van der Waals surface area contributed by atoms with Gasteiger partial charge in [-0.25, -0.2) is 0 Å². The maximum atomic E-state index is 11.3. The average molecular weight is 319 g/mol. The first-order chi connectivity index (χ1) is 9.42. The van der Waals surface area contributed by atoms with Crippen molar-refractivity contribution in [2.75, 3.05) is 11.9 Å². The number of benzene rings is 1. The first kappa shape index (κ1) is 16.8. The van der Waals surface area contributed by atoms with Crippen LogP contribution in [0.25, 0.3) is 0 Å². The number of amides is 2. The Morgan fingerprint density at radius 2 is 1.85 bits per heavy atom. The molecule has 0 radical (unpaired) electrons. The predicted octanol–water partition coefficient (Wildman–Crippen LogP) is 1.47. The fraction of sp³-hybridized carbons (Fsp3) is 0.385. The molecule has 2 amide bonds. The van der Waals surface area contributed by atoms with E-state index in [0.717, 1.165) is 5.56 Å². The van der Waals surface area contributed by atoms with Crippen molar-refractivity contribution in [1.29, 1.82) is 0 Å². The molecule has 5 nitrogen and oxygen atoms in total. The molecule has 7 heteroatoms. The lowest BCUT2D eigenvalue weighted by Crippen LogP contribution is -2.41. The summed E-state index contributed by atoms with van der Waals surface area (Å²) in [5.41, 5.74) is 1.59. The summed E-state index contributed by atoms with van der Waals surface area (Å²) in [4.78, 5) is 21.1. The minimum Gasteiger partial charge on any atom is -0.394 e. The highest BCUT2D eigenvalue weighted by atomic mass is 35.5. The number of hydrogen-bond donors (Lipinski definition) is 3. The van der Waals surface area contributed by atoms with Gasteiger partial charge >= 0.3 is 0 Å². The minimum atomic E-state index is -1.16. The average Bonchev–Trinajstić information content (AvgIpc) is 2.39. The molecule has 0 fully saturated rings. The van der Waals surface area contributed by atoms with Crippen LogP contribution in [-0.2, 0) is 16.0 Å². The van der Waals surface area contributed by atoms with Gasteiger partial charge in [-0.05, 0) is 24.1 Å². The maximum Gasteiger partial charge on any atom is 0.253 e. The van der Waals surface area contributed by atoms with E-state index >= 15 is 0 Å². The third-order valence-electron chi connectivity index (χ3n) is 2.52. The lowest BCUT2D eigenvalue weighted by molar-refractivity contribution is -0.120. The highest BCUT2D eigenvalue weighted by Gasteiger charge is 2.17. The quantitative estimate of drug-likeness (QED) is 0.695. The van der Waals surface area contributed by atoms with Crippen LogP contribution in [0.4, 0.5) is 5.69 Å². The number of anilines is 1. The summed E-state index contributed by atoms with van der Waals surface area (Å²) in [6, 6.07) is 6.64. The van der Waals surface area contributed by atoms with Crippen molar-refractivity contribution >= 4 is 40.7 Å². The number of carbonyl (C=O) groups excluding carboxylic acids is 2. The molecule has 0 heterocycles. The molecule has 1 aromatic rings. The van der Waals surface area contributed by atoms with Crippen LogP contribution in [0.2, 0.25) is 0 Å².